The Balaban J connectivity index is 1.05. The van der Waals surface area contributed by atoms with Crippen LogP contribution in [0.15, 0.2) is 124 Å². The summed E-state index contributed by atoms with van der Waals surface area (Å²) < 4.78 is 2.76. The largest absolute Gasteiger partial charge is 0.337 e. The summed E-state index contributed by atoms with van der Waals surface area (Å²) in [4.78, 5) is 4.65. The molecule has 3 heterocycles. The second kappa shape index (κ2) is 12.9. The molecule has 0 N–H and O–H groups in total. The van der Waals surface area contributed by atoms with Crippen LogP contribution < -0.4 is 0 Å². The molecule has 1 saturated carbocycles. The Morgan fingerprint density at radius 2 is 1.52 bits per heavy atom. The maximum absolute atomic E-state index is 2.76. The Morgan fingerprint density at radius 1 is 0.712 bits per heavy atom. The maximum Gasteiger partial charge on any atom is 0.0556 e. The number of aromatic nitrogens is 1. The first-order valence-electron chi connectivity index (χ1n) is 20.4. The number of thioether (sulfide) groups is 1. The number of nitrogens with zero attached hydrogens (tertiary/aromatic N) is 1. The average Bonchev–Trinajstić information content (AvgIpc) is 3.54. The van der Waals surface area contributed by atoms with Crippen LogP contribution in [0.1, 0.15) is 127 Å². The van der Waals surface area contributed by atoms with Crippen molar-refractivity contribution in [1.29, 1.82) is 0 Å². The lowest BCUT2D eigenvalue weighted by Gasteiger charge is -2.56. The van der Waals surface area contributed by atoms with Crippen LogP contribution in [0, 0.1) is 5.92 Å². The summed E-state index contributed by atoms with van der Waals surface area (Å²) in [7, 11) is 0. The quantitative estimate of drug-likeness (QED) is 0.266. The van der Waals surface area contributed by atoms with E-state index in [-0.39, 0.29) is 5.41 Å². The van der Waals surface area contributed by atoms with E-state index in [0.717, 1.165) is 19.3 Å². The van der Waals surface area contributed by atoms with Gasteiger partial charge in [0.2, 0.25) is 0 Å². The van der Waals surface area contributed by atoms with E-state index < -0.39 is 0 Å². The second-order valence-electron chi connectivity index (χ2n) is 16.5. The number of allylic oxidation sites excluding steroid dienone is 12. The van der Waals surface area contributed by atoms with Crippen LogP contribution in [-0.2, 0) is 24.7 Å². The van der Waals surface area contributed by atoms with Crippen molar-refractivity contribution >= 4 is 29.6 Å². The van der Waals surface area contributed by atoms with E-state index in [9.17, 15) is 0 Å². The third kappa shape index (κ3) is 4.90. The number of fused-ring (bicyclic) bond motifs is 11. The molecule has 8 aliphatic rings. The first-order valence-corrected chi connectivity index (χ1v) is 22.1. The molecule has 3 heteroatoms. The van der Waals surface area contributed by atoms with Gasteiger partial charge in [0.05, 0.1) is 11.5 Å². The molecule has 0 amide bonds. The molecule has 1 saturated heterocycles. The fraction of sp³-hybridized carbons (Fsp3) is 0.388. The fourth-order valence-electron chi connectivity index (χ4n) is 11.6. The van der Waals surface area contributed by atoms with Gasteiger partial charge >= 0.3 is 0 Å². The zero-order chi connectivity index (χ0) is 34.2. The third-order valence-corrected chi connectivity index (χ3v) is 16.5. The maximum atomic E-state index is 2.76. The molecule has 2 fully saturated rings. The molecule has 1 spiro atoms. The van der Waals surface area contributed by atoms with Crippen molar-refractivity contribution in [2.24, 2.45) is 5.92 Å². The van der Waals surface area contributed by atoms with E-state index in [2.05, 4.69) is 137 Å². The van der Waals surface area contributed by atoms with Crippen molar-refractivity contribution in [3.05, 3.63) is 158 Å². The highest BCUT2D eigenvalue weighted by Gasteiger charge is 2.56. The Hall–Kier alpha value is -3.40. The van der Waals surface area contributed by atoms with Crippen LogP contribution in [0.2, 0.25) is 0 Å². The lowest BCUT2D eigenvalue weighted by atomic mass is 9.56. The molecule has 3 aromatic rings. The number of rotatable bonds is 3. The minimum absolute atomic E-state index is 0.0570. The lowest BCUT2D eigenvalue weighted by Crippen LogP contribution is -2.49. The monoisotopic (exact) mass is 715 g/mol. The summed E-state index contributed by atoms with van der Waals surface area (Å²) >= 11 is 4.33. The minimum Gasteiger partial charge on any atom is -0.337 e. The van der Waals surface area contributed by atoms with E-state index >= 15 is 0 Å². The Morgan fingerprint density at radius 3 is 2.37 bits per heavy atom. The molecule has 262 valence electrons. The fourth-order valence-corrected chi connectivity index (χ4v) is 14.6. The molecule has 2 aromatic carbocycles. The van der Waals surface area contributed by atoms with Crippen molar-refractivity contribution in [3.8, 4) is 0 Å². The van der Waals surface area contributed by atoms with Crippen molar-refractivity contribution in [3.63, 3.8) is 0 Å². The number of benzene rings is 2. The van der Waals surface area contributed by atoms with Crippen LogP contribution in [0.5, 0.6) is 0 Å². The van der Waals surface area contributed by atoms with E-state index in [4.69, 9.17) is 0 Å². The molecular formula is C49H49NS2. The van der Waals surface area contributed by atoms with Crippen LogP contribution in [-0.4, -0.2) is 9.82 Å². The highest BCUT2D eigenvalue weighted by molar-refractivity contribution is 8.04. The summed E-state index contributed by atoms with van der Waals surface area (Å²) in [6.45, 7) is 0. The van der Waals surface area contributed by atoms with Gasteiger partial charge in [-0.1, -0.05) is 116 Å². The van der Waals surface area contributed by atoms with Crippen LogP contribution in [0.25, 0.3) is 6.08 Å². The summed E-state index contributed by atoms with van der Waals surface area (Å²) in [5.41, 5.74) is 14.3. The van der Waals surface area contributed by atoms with E-state index in [0.29, 0.717) is 29.0 Å². The summed E-state index contributed by atoms with van der Waals surface area (Å²) in [6, 6.07) is 16.1. The van der Waals surface area contributed by atoms with Gasteiger partial charge < -0.3 is 4.57 Å². The van der Waals surface area contributed by atoms with Crippen molar-refractivity contribution < 1.29 is 0 Å². The summed E-state index contributed by atoms with van der Waals surface area (Å²) in [5.74, 6) is 1.66. The van der Waals surface area contributed by atoms with Gasteiger partial charge in [0.25, 0.3) is 0 Å². The van der Waals surface area contributed by atoms with E-state index in [1.807, 2.05) is 0 Å². The Kier molecular flexibility index (Phi) is 7.94. The smallest absolute Gasteiger partial charge is 0.0556 e. The third-order valence-electron chi connectivity index (χ3n) is 13.9. The van der Waals surface area contributed by atoms with Crippen LogP contribution in [0.3, 0.4) is 0 Å². The molecule has 1 nitrogen and oxygen atoms in total. The summed E-state index contributed by atoms with van der Waals surface area (Å²) in [6.07, 6.45) is 44.6. The lowest BCUT2D eigenvalue weighted by molar-refractivity contribution is 0.268. The van der Waals surface area contributed by atoms with Crippen molar-refractivity contribution in [1.82, 2.24) is 4.57 Å². The minimum atomic E-state index is -0.0570. The van der Waals surface area contributed by atoms with Gasteiger partial charge in [-0.25, -0.2) is 0 Å². The van der Waals surface area contributed by atoms with E-state index in [1.165, 1.54) is 85.3 Å². The van der Waals surface area contributed by atoms with Crippen molar-refractivity contribution in [2.45, 2.75) is 122 Å². The molecule has 0 bridgehead atoms. The molecule has 52 heavy (non-hydrogen) atoms. The Labute approximate surface area is 318 Å². The van der Waals surface area contributed by atoms with E-state index in [1.54, 1.807) is 44.0 Å². The van der Waals surface area contributed by atoms with Crippen LogP contribution in [0.4, 0.5) is 0 Å². The zero-order valence-corrected chi connectivity index (χ0v) is 31.9. The molecule has 1 aromatic heterocycles. The highest BCUT2D eigenvalue weighted by atomic mass is 32.2. The molecule has 11 rings (SSSR count). The number of hydrogen-bond donors (Lipinski definition) is 0. The summed E-state index contributed by atoms with van der Waals surface area (Å²) in [5, 5.41) is 0.693. The standard InChI is InChI=1S/C49H49NS2/c1-3-13-32(14-4-1)34-24-27-41-47(30-34)52-48-31-35(25-28-42(48)49(41)39-18-8-11-21-45(39)51-46-22-12-9-19-40(46)49)33-23-26-38-37-17-7-10-20-43(37)50(44(38)29-33)36-15-5-2-6-16-36/h1-6,10,13,15,18,20-21,24-25,27-28,30-33,36,40,46H,7-9,11-12,14,16-17,19,22-23,26,29H2. The average molecular weight is 716 g/mol. The molecule has 2 aliphatic heterocycles. The Bertz CT molecular complexity index is 2180. The first kappa shape index (κ1) is 32.1. The van der Waals surface area contributed by atoms with Gasteiger partial charge in [0, 0.05) is 37.3 Å². The highest BCUT2D eigenvalue weighted by Crippen LogP contribution is 2.66. The van der Waals surface area contributed by atoms with Gasteiger partial charge in [0.1, 0.15) is 0 Å². The van der Waals surface area contributed by atoms with Gasteiger partial charge in [-0.05, 0) is 140 Å². The normalized spacial score (nSPS) is 30.8. The molecule has 6 atom stereocenters. The SMILES string of the molecule is C1=CCC(c2ccc3c(c2)Sc2cc(C4CCc5c6c(n(C7C=CC=CC7)c5C4)C=CCC6)ccc2C32C3=CCCC=C3SC3CCCCC32)C=C1. The van der Waals surface area contributed by atoms with Gasteiger partial charge in [-0.3, -0.25) is 0 Å². The molecule has 0 radical (unpaired) electrons. The van der Waals surface area contributed by atoms with Crippen molar-refractivity contribution in [2.75, 3.05) is 0 Å². The predicted octanol–water partition coefficient (Wildman–Crippen LogP) is 13.0. The van der Waals surface area contributed by atoms with Crippen LogP contribution >= 0.6 is 23.5 Å². The first-order chi connectivity index (χ1) is 25.8. The second-order valence-corrected chi connectivity index (χ2v) is 18.9. The zero-order valence-electron chi connectivity index (χ0n) is 30.2. The van der Waals surface area contributed by atoms with Gasteiger partial charge in [0.15, 0.2) is 0 Å². The molecule has 6 aliphatic carbocycles. The topological polar surface area (TPSA) is 4.93 Å². The predicted molar refractivity (Wildman–Crippen MR) is 221 cm³/mol. The van der Waals surface area contributed by atoms with Gasteiger partial charge in [-0.2, -0.15) is 0 Å². The number of hydrogen-bond acceptors (Lipinski definition) is 2. The van der Waals surface area contributed by atoms with Gasteiger partial charge in [-0.15, -0.1) is 11.8 Å². The molecular weight excluding hydrogens is 667 g/mol. The molecule has 6 unspecified atom stereocenters.